The molecule has 0 aliphatic rings. The van der Waals surface area contributed by atoms with E-state index in [2.05, 4.69) is 23.3 Å². The van der Waals surface area contributed by atoms with E-state index in [4.69, 9.17) is 4.74 Å². The summed E-state index contributed by atoms with van der Waals surface area (Å²) in [7, 11) is 0. The predicted molar refractivity (Wildman–Crippen MR) is 56.6 cm³/mol. The molecule has 0 spiro atoms. The normalized spacial score (nSPS) is 12.5. The second kappa shape index (κ2) is 9.23. The molecule has 2 N–H and O–H groups in total. The summed E-state index contributed by atoms with van der Waals surface area (Å²) >= 11 is 3.44. The third-order valence-corrected chi connectivity index (χ3v) is 1.60. The molecule has 1 unspecified atom stereocenters. The average Bonchev–Trinajstić information content (AvgIpc) is 2.14. The summed E-state index contributed by atoms with van der Waals surface area (Å²) in [6.45, 7) is 3.99. The quantitative estimate of drug-likeness (QED) is 0.418. The Balaban J connectivity index is 3.18. The van der Waals surface area contributed by atoms with Gasteiger partial charge in [-0.15, -0.1) is 0 Å². The molecule has 0 radical (unpaired) electrons. The zero-order valence-corrected chi connectivity index (χ0v) is 9.15. The van der Waals surface area contributed by atoms with Crippen LogP contribution in [-0.2, 0) is 4.74 Å². The molecule has 1 amide bonds. The third kappa shape index (κ3) is 9.76. The van der Waals surface area contributed by atoms with Crippen LogP contribution in [0.1, 0.15) is 6.92 Å². The first-order valence-electron chi connectivity index (χ1n) is 4.56. The van der Waals surface area contributed by atoms with Crippen molar-refractivity contribution in [2.24, 2.45) is 0 Å². The number of rotatable bonds is 8. The van der Waals surface area contributed by atoms with E-state index in [1.54, 1.807) is 0 Å². The monoisotopic (exact) mass is 224 g/mol. The zero-order chi connectivity index (χ0) is 10.8. The zero-order valence-electron chi connectivity index (χ0n) is 8.25. The summed E-state index contributed by atoms with van der Waals surface area (Å²) in [5.41, 5.74) is 0. The molecule has 0 aliphatic carbocycles. The second-order valence-corrected chi connectivity index (χ2v) is 3.12. The van der Waals surface area contributed by atoms with Crippen molar-refractivity contribution >= 4 is 17.9 Å². The van der Waals surface area contributed by atoms with Gasteiger partial charge in [-0.3, -0.25) is 4.79 Å². The average molecular weight is 224 g/mol. The minimum Gasteiger partial charge on any atom is -0.377 e. The molecule has 14 heavy (non-hydrogen) atoms. The molecule has 0 aromatic carbocycles. The minimum atomic E-state index is -1.17. The van der Waals surface area contributed by atoms with Gasteiger partial charge in [-0.1, -0.05) is 19.6 Å². The van der Waals surface area contributed by atoms with Crippen LogP contribution in [0.15, 0.2) is 0 Å². The van der Waals surface area contributed by atoms with E-state index >= 15 is 0 Å². The van der Waals surface area contributed by atoms with Gasteiger partial charge in [-0.25, -0.2) is 4.39 Å². The molecule has 0 aromatic heterocycles. The molecule has 84 valence electrons. The molecule has 0 saturated heterocycles. The van der Waals surface area contributed by atoms with Crippen LogP contribution in [-0.4, -0.2) is 44.3 Å². The highest BCUT2D eigenvalue weighted by Gasteiger charge is 2.06. The third-order valence-electron chi connectivity index (χ3n) is 1.45. The number of amides is 1. The van der Waals surface area contributed by atoms with E-state index in [0.29, 0.717) is 13.2 Å². The van der Waals surface area contributed by atoms with Gasteiger partial charge in [0.25, 0.3) is 5.24 Å². The molecule has 1 atom stereocenters. The first-order valence-corrected chi connectivity index (χ1v) is 5.00. The fourth-order valence-corrected chi connectivity index (χ4v) is 0.881. The SMILES string of the molecule is CCNCCOCC(F)CNC(=O)S. The highest BCUT2D eigenvalue weighted by atomic mass is 32.1. The van der Waals surface area contributed by atoms with Crippen molar-refractivity contribution in [3.05, 3.63) is 0 Å². The Bertz CT molecular complexity index is 160. The number of alkyl halides is 1. The van der Waals surface area contributed by atoms with Crippen LogP contribution in [0, 0.1) is 0 Å². The lowest BCUT2D eigenvalue weighted by molar-refractivity contribution is 0.0834. The van der Waals surface area contributed by atoms with Gasteiger partial charge >= 0.3 is 0 Å². The fraction of sp³-hybridized carbons (Fsp3) is 0.875. The number of nitrogens with one attached hydrogen (secondary N) is 2. The van der Waals surface area contributed by atoms with Crippen LogP contribution in [0.3, 0.4) is 0 Å². The van der Waals surface area contributed by atoms with E-state index in [-0.39, 0.29) is 13.2 Å². The van der Waals surface area contributed by atoms with Crippen LogP contribution in [0.25, 0.3) is 0 Å². The van der Waals surface area contributed by atoms with Crippen molar-refractivity contribution < 1.29 is 13.9 Å². The largest absolute Gasteiger partial charge is 0.377 e. The van der Waals surface area contributed by atoms with Gasteiger partial charge in [0.05, 0.1) is 19.8 Å². The Kier molecular flexibility index (Phi) is 9.02. The Morgan fingerprint density at radius 3 is 2.93 bits per heavy atom. The Morgan fingerprint density at radius 2 is 2.36 bits per heavy atom. The molecule has 0 bridgehead atoms. The number of hydrogen-bond donors (Lipinski definition) is 3. The molecule has 0 aliphatic heterocycles. The van der Waals surface area contributed by atoms with Gasteiger partial charge in [0.1, 0.15) is 6.17 Å². The molecule has 6 heteroatoms. The maximum absolute atomic E-state index is 12.9. The van der Waals surface area contributed by atoms with E-state index in [9.17, 15) is 9.18 Å². The van der Waals surface area contributed by atoms with Gasteiger partial charge in [0.15, 0.2) is 0 Å². The molecule has 4 nitrogen and oxygen atoms in total. The molecular weight excluding hydrogens is 207 g/mol. The first kappa shape index (κ1) is 13.7. The van der Waals surface area contributed by atoms with Crippen molar-refractivity contribution in [2.75, 3.05) is 32.8 Å². The van der Waals surface area contributed by atoms with Crippen molar-refractivity contribution in [1.29, 1.82) is 0 Å². The fourth-order valence-electron chi connectivity index (χ4n) is 0.789. The van der Waals surface area contributed by atoms with Crippen molar-refractivity contribution in [2.45, 2.75) is 13.1 Å². The van der Waals surface area contributed by atoms with Gasteiger partial charge in [0, 0.05) is 6.54 Å². The van der Waals surface area contributed by atoms with Crippen molar-refractivity contribution in [3.63, 3.8) is 0 Å². The van der Waals surface area contributed by atoms with E-state index in [0.717, 1.165) is 6.54 Å². The minimum absolute atomic E-state index is 0.000544. The topological polar surface area (TPSA) is 50.4 Å². The number of carbonyl (C=O) groups excluding carboxylic acids is 1. The summed E-state index contributed by atoms with van der Waals surface area (Å²) in [6.07, 6.45) is -1.17. The molecular formula is C8H17FN2O2S. The Morgan fingerprint density at radius 1 is 1.64 bits per heavy atom. The van der Waals surface area contributed by atoms with Crippen LogP contribution >= 0.6 is 12.6 Å². The molecule has 0 saturated carbocycles. The smallest absolute Gasteiger partial charge is 0.276 e. The van der Waals surface area contributed by atoms with Crippen molar-refractivity contribution in [3.8, 4) is 0 Å². The lowest BCUT2D eigenvalue weighted by atomic mass is 10.4. The summed E-state index contributed by atoms with van der Waals surface area (Å²) in [5.74, 6) is 0. The van der Waals surface area contributed by atoms with Crippen LogP contribution in [0.2, 0.25) is 0 Å². The van der Waals surface area contributed by atoms with Crippen LogP contribution in [0.5, 0.6) is 0 Å². The first-order chi connectivity index (χ1) is 6.66. The van der Waals surface area contributed by atoms with E-state index in [1.807, 2.05) is 6.92 Å². The Labute approximate surface area is 89.0 Å². The highest BCUT2D eigenvalue weighted by molar-refractivity contribution is 7.96. The lowest BCUT2D eigenvalue weighted by Gasteiger charge is -2.09. The predicted octanol–water partition coefficient (Wildman–Crippen LogP) is 0.590. The maximum atomic E-state index is 12.9. The summed E-state index contributed by atoms with van der Waals surface area (Å²) in [5, 5.41) is 4.77. The maximum Gasteiger partial charge on any atom is 0.276 e. The molecule has 0 fully saturated rings. The molecule has 0 heterocycles. The van der Waals surface area contributed by atoms with E-state index < -0.39 is 11.4 Å². The second-order valence-electron chi connectivity index (χ2n) is 2.71. The van der Waals surface area contributed by atoms with Gasteiger partial charge in [-0.2, -0.15) is 0 Å². The highest BCUT2D eigenvalue weighted by Crippen LogP contribution is 1.91. The number of carbonyl (C=O) groups is 1. The molecule has 0 rings (SSSR count). The summed E-state index contributed by atoms with van der Waals surface area (Å²) in [6, 6.07) is 0. The lowest BCUT2D eigenvalue weighted by Crippen LogP contribution is -2.30. The van der Waals surface area contributed by atoms with Gasteiger partial charge < -0.3 is 15.4 Å². The van der Waals surface area contributed by atoms with Gasteiger partial charge in [0.2, 0.25) is 0 Å². The van der Waals surface area contributed by atoms with Gasteiger partial charge in [-0.05, 0) is 6.54 Å². The summed E-state index contributed by atoms with van der Waals surface area (Å²) < 4.78 is 17.9. The van der Waals surface area contributed by atoms with Crippen LogP contribution < -0.4 is 10.6 Å². The number of likely N-dealkylation sites (N-methyl/N-ethyl adjacent to an activating group) is 1. The number of thiol groups is 1. The summed E-state index contributed by atoms with van der Waals surface area (Å²) in [4.78, 5) is 10.3. The standard InChI is InChI=1S/C8H17FN2O2S/c1-2-10-3-4-13-6-7(9)5-11-8(12)14/h7,10H,2-6H2,1H3,(H2,11,12,14). The number of ether oxygens (including phenoxy) is 1. The number of hydrogen-bond acceptors (Lipinski definition) is 3. The Hall–Kier alpha value is -0.330. The number of halogens is 1. The van der Waals surface area contributed by atoms with E-state index in [1.165, 1.54) is 0 Å². The van der Waals surface area contributed by atoms with Crippen molar-refractivity contribution in [1.82, 2.24) is 10.6 Å². The van der Waals surface area contributed by atoms with Crippen LogP contribution in [0.4, 0.5) is 9.18 Å². The molecule has 0 aromatic rings.